The Morgan fingerprint density at radius 1 is 1.07 bits per heavy atom. The van der Waals surface area contributed by atoms with Gasteiger partial charge in [0.25, 0.3) is 0 Å². The summed E-state index contributed by atoms with van der Waals surface area (Å²) in [6, 6.07) is 18.6. The van der Waals surface area contributed by atoms with Crippen LogP contribution in [0.3, 0.4) is 0 Å². The molecule has 3 heteroatoms. The average Bonchev–Trinajstić information content (AvgIpc) is 3.28. The Balaban J connectivity index is 1.53. The minimum absolute atomic E-state index is 0.0525. The van der Waals surface area contributed by atoms with Crippen molar-refractivity contribution in [1.82, 2.24) is 0 Å². The SMILES string of the molecule is CC1=CC(C(C)(C)OC(=O)c2ccc(-[s+]3ccc4ccccc43)cc2)CC1. The lowest BCUT2D eigenvalue weighted by Gasteiger charge is -2.30. The first-order chi connectivity index (χ1) is 12.9. The predicted molar refractivity (Wildman–Crippen MR) is 114 cm³/mol. The molecule has 4 rings (SSSR count). The molecular weight excluding hydrogens is 352 g/mol. The lowest BCUT2D eigenvalue weighted by Crippen LogP contribution is -2.35. The van der Waals surface area contributed by atoms with E-state index in [0.29, 0.717) is 11.5 Å². The van der Waals surface area contributed by atoms with Crippen LogP contribution in [0.5, 0.6) is 0 Å². The molecule has 0 fully saturated rings. The Kier molecular flexibility index (Phi) is 4.65. The zero-order valence-corrected chi connectivity index (χ0v) is 16.9. The number of ether oxygens (including phenoxy) is 1. The van der Waals surface area contributed by atoms with Crippen molar-refractivity contribution in [3.63, 3.8) is 0 Å². The van der Waals surface area contributed by atoms with E-state index in [1.807, 2.05) is 26.0 Å². The normalized spacial score (nSPS) is 17.8. The lowest BCUT2D eigenvalue weighted by atomic mass is 9.90. The van der Waals surface area contributed by atoms with Gasteiger partial charge in [-0.2, -0.15) is 0 Å². The fourth-order valence-electron chi connectivity index (χ4n) is 3.79. The van der Waals surface area contributed by atoms with Gasteiger partial charge in [-0.05, 0) is 70.0 Å². The van der Waals surface area contributed by atoms with E-state index in [1.165, 1.54) is 20.6 Å². The molecule has 0 radical (unpaired) electrons. The van der Waals surface area contributed by atoms with Gasteiger partial charge in [0.2, 0.25) is 0 Å². The molecule has 1 aromatic heterocycles. The Morgan fingerprint density at radius 2 is 1.81 bits per heavy atom. The maximum absolute atomic E-state index is 12.7. The molecule has 2 nitrogen and oxygen atoms in total. The zero-order chi connectivity index (χ0) is 19.0. The van der Waals surface area contributed by atoms with Crippen LogP contribution in [0, 0.1) is 5.92 Å². The summed E-state index contributed by atoms with van der Waals surface area (Å²) in [5.41, 5.74) is 1.52. The Bertz CT molecular complexity index is 1010. The standard InChI is InChI=1S/C24H25O2S/c1-17-8-11-20(16-17)24(2,3)26-23(25)19-9-12-21(13-10-19)27-15-14-18-6-4-5-7-22(18)27/h4-7,9-10,12-16,20H,8,11H2,1-3H3/q+1. The Hall–Kier alpha value is -2.39. The molecule has 138 valence electrons. The van der Waals surface area contributed by atoms with Gasteiger partial charge in [0, 0.05) is 27.8 Å². The van der Waals surface area contributed by atoms with Crippen molar-refractivity contribution in [2.45, 2.75) is 39.2 Å². The van der Waals surface area contributed by atoms with E-state index >= 15 is 0 Å². The molecule has 27 heavy (non-hydrogen) atoms. The van der Waals surface area contributed by atoms with E-state index in [1.54, 1.807) is 0 Å². The van der Waals surface area contributed by atoms with Gasteiger partial charge in [-0.3, -0.25) is 0 Å². The summed E-state index contributed by atoms with van der Waals surface area (Å²) in [6.45, 7) is 6.17. The van der Waals surface area contributed by atoms with Crippen LogP contribution in [-0.2, 0) is 4.74 Å². The van der Waals surface area contributed by atoms with Crippen molar-refractivity contribution in [3.05, 3.63) is 77.2 Å². The van der Waals surface area contributed by atoms with E-state index in [9.17, 15) is 4.79 Å². The zero-order valence-electron chi connectivity index (χ0n) is 16.1. The highest BCUT2D eigenvalue weighted by Gasteiger charge is 2.34. The Labute approximate surface area is 163 Å². The topological polar surface area (TPSA) is 26.3 Å². The third kappa shape index (κ3) is 3.57. The lowest BCUT2D eigenvalue weighted by molar-refractivity contribution is -0.0199. The molecule has 2 atom stereocenters. The van der Waals surface area contributed by atoms with Crippen LogP contribution >= 0.6 is 10.5 Å². The first kappa shape index (κ1) is 18.0. The number of allylic oxidation sites excluding steroid dienone is 1. The van der Waals surface area contributed by atoms with Crippen LogP contribution < -0.4 is 0 Å². The van der Waals surface area contributed by atoms with Crippen LogP contribution in [0.2, 0.25) is 0 Å². The molecule has 0 amide bonds. The van der Waals surface area contributed by atoms with Gasteiger partial charge in [-0.25, -0.2) is 4.79 Å². The van der Waals surface area contributed by atoms with Crippen LogP contribution in [0.4, 0.5) is 0 Å². The molecule has 1 aliphatic rings. The van der Waals surface area contributed by atoms with Crippen molar-refractivity contribution in [1.29, 1.82) is 0 Å². The summed E-state index contributed by atoms with van der Waals surface area (Å²) < 4.78 is 7.23. The first-order valence-corrected chi connectivity index (χ1v) is 10.7. The van der Waals surface area contributed by atoms with Gasteiger partial charge in [-0.15, -0.1) is 0 Å². The minimum Gasteiger partial charge on any atom is -0.455 e. The number of carbonyl (C=O) groups is 1. The van der Waals surface area contributed by atoms with E-state index in [0.717, 1.165) is 12.8 Å². The smallest absolute Gasteiger partial charge is 0.338 e. The second kappa shape index (κ2) is 6.97. The monoisotopic (exact) mass is 377 g/mol. The fraction of sp³-hybridized carbons (Fsp3) is 0.292. The maximum Gasteiger partial charge on any atom is 0.338 e. The number of benzene rings is 2. The molecular formula is C24H25O2S+. The molecule has 0 N–H and O–H groups in total. The van der Waals surface area contributed by atoms with Gasteiger partial charge in [0.15, 0.2) is 9.60 Å². The molecule has 0 saturated carbocycles. The number of fused-ring (bicyclic) bond motifs is 1. The van der Waals surface area contributed by atoms with Crippen molar-refractivity contribution in [2.24, 2.45) is 5.92 Å². The van der Waals surface area contributed by atoms with Crippen molar-refractivity contribution >= 4 is 26.5 Å². The highest BCUT2D eigenvalue weighted by molar-refractivity contribution is 7.43. The third-order valence-corrected chi connectivity index (χ3v) is 7.50. The largest absolute Gasteiger partial charge is 0.455 e. The highest BCUT2D eigenvalue weighted by Crippen LogP contribution is 2.40. The molecule has 2 aromatic carbocycles. The highest BCUT2D eigenvalue weighted by atomic mass is 32.2. The second-order valence-corrected chi connectivity index (χ2v) is 9.71. The number of esters is 1. The molecule has 0 saturated heterocycles. The average molecular weight is 378 g/mol. The van der Waals surface area contributed by atoms with E-state index in [2.05, 4.69) is 60.8 Å². The molecule has 1 aliphatic carbocycles. The van der Waals surface area contributed by atoms with Gasteiger partial charge in [-0.1, -0.05) is 23.8 Å². The summed E-state index contributed by atoms with van der Waals surface area (Å²) in [7, 11) is -0.0525. The summed E-state index contributed by atoms with van der Waals surface area (Å²) in [6.07, 6.45) is 4.40. The molecule has 2 unspecified atom stereocenters. The van der Waals surface area contributed by atoms with Crippen LogP contribution in [-0.4, -0.2) is 11.6 Å². The molecule has 0 spiro atoms. The second-order valence-electron chi connectivity index (χ2n) is 7.85. The third-order valence-electron chi connectivity index (χ3n) is 5.47. The molecule has 1 heterocycles. The van der Waals surface area contributed by atoms with Gasteiger partial charge in [0.1, 0.15) is 11.0 Å². The summed E-state index contributed by atoms with van der Waals surface area (Å²) in [4.78, 5) is 13.9. The van der Waals surface area contributed by atoms with Crippen LogP contribution in [0.25, 0.3) is 15.0 Å². The number of hydrogen-bond donors (Lipinski definition) is 0. The Morgan fingerprint density at radius 3 is 2.52 bits per heavy atom. The summed E-state index contributed by atoms with van der Waals surface area (Å²) in [5.74, 6) is 0.0533. The van der Waals surface area contributed by atoms with Crippen molar-refractivity contribution in [2.75, 3.05) is 0 Å². The number of thiophene rings is 1. The number of hydrogen-bond acceptors (Lipinski definition) is 2. The van der Waals surface area contributed by atoms with E-state index < -0.39 is 5.60 Å². The summed E-state index contributed by atoms with van der Waals surface area (Å²) >= 11 is 0. The van der Waals surface area contributed by atoms with Crippen LogP contribution in [0.1, 0.15) is 44.0 Å². The molecule has 0 bridgehead atoms. The van der Waals surface area contributed by atoms with Crippen molar-refractivity contribution < 1.29 is 9.53 Å². The minimum atomic E-state index is -0.484. The number of carbonyl (C=O) groups excluding carboxylic acids is 1. The van der Waals surface area contributed by atoms with Gasteiger partial charge < -0.3 is 4.74 Å². The van der Waals surface area contributed by atoms with E-state index in [4.69, 9.17) is 4.74 Å². The number of rotatable bonds is 4. The van der Waals surface area contributed by atoms with Gasteiger partial charge in [0.05, 0.1) is 5.56 Å². The maximum atomic E-state index is 12.7. The quantitative estimate of drug-likeness (QED) is 0.282. The van der Waals surface area contributed by atoms with Crippen molar-refractivity contribution in [3.8, 4) is 4.90 Å². The fourth-order valence-corrected chi connectivity index (χ4v) is 5.68. The van der Waals surface area contributed by atoms with E-state index in [-0.39, 0.29) is 16.4 Å². The summed E-state index contributed by atoms with van der Waals surface area (Å²) in [5, 5.41) is 3.53. The first-order valence-electron chi connectivity index (χ1n) is 9.45. The van der Waals surface area contributed by atoms with Crippen LogP contribution in [0.15, 0.2) is 71.6 Å². The predicted octanol–water partition coefficient (Wildman–Crippen LogP) is 6.87. The van der Waals surface area contributed by atoms with Gasteiger partial charge >= 0.3 is 5.97 Å². The molecule has 3 aromatic rings. The molecule has 0 aliphatic heterocycles.